The minimum atomic E-state index is -0.458. The first-order valence-electron chi connectivity index (χ1n) is 35.5. The molecule has 14 aromatic rings. The number of halogens is 1. The first-order chi connectivity index (χ1) is 48.5. The summed E-state index contributed by atoms with van der Waals surface area (Å²) in [7, 11) is -0.458. The first-order valence-corrected chi connectivity index (χ1v) is 35.9. The van der Waals surface area contributed by atoms with E-state index in [9.17, 15) is 0 Å². The van der Waals surface area contributed by atoms with Gasteiger partial charge in [0.15, 0.2) is 5.82 Å². The summed E-state index contributed by atoms with van der Waals surface area (Å²) in [5.41, 5.74) is 21.0. The maximum Gasteiger partial charge on any atom is 0.494 e. The molecule has 1 aliphatic rings. The van der Waals surface area contributed by atoms with Gasteiger partial charge in [-0.25, -0.2) is 19.9 Å². The van der Waals surface area contributed by atoms with Crippen molar-refractivity contribution in [1.29, 1.82) is 0 Å². The summed E-state index contributed by atoms with van der Waals surface area (Å²) in [5, 5.41) is 5.30. The van der Waals surface area contributed by atoms with Gasteiger partial charge in [-0.1, -0.05) is 207 Å². The number of nitrogens with zero attached hydrogens (tertiary/aromatic N) is 8. The van der Waals surface area contributed by atoms with Crippen molar-refractivity contribution in [1.82, 2.24) is 39.0 Å². The van der Waals surface area contributed by atoms with Gasteiger partial charge in [-0.2, -0.15) is 0 Å². The fourth-order valence-corrected chi connectivity index (χ4v) is 13.8. The van der Waals surface area contributed by atoms with Crippen LogP contribution in [0.25, 0.3) is 111 Å². The molecule has 502 valence electrons. The zero-order valence-electron chi connectivity index (χ0n) is 59.6. The molecule has 15 rings (SSSR count). The SMILES string of the molecule is CC1(C)OB(c2cc(-c3ccccn3)cc(-n3c4ccccc4c4ccccc43)c2)OC1(C)C.CCC(C)c1nc(-c2cc(-c3ccccn3)cc(-n3c4ccccc4c4ccccc43)c2)nc(C(C)CC)c1-c1ccccc1.CCC(C)c1nc(Cl)nc(C(C)CC)c1-c1ccccc1. The summed E-state index contributed by atoms with van der Waals surface area (Å²) in [6.45, 7) is 26.2. The predicted octanol–water partition coefficient (Wildman–Crippen LogP) is 23.0. The highest BCUT2D eigenvalue weighted by Crippen LogP contribution is 2.43. The van der Waals surface area contributed by atoms with Gasteiger partial charge in [0.1, 0.15) is 0 Å². The molecule has 4 unspecified atom stereocenters. The van der Waals surface area contributed by atoms with E-state index in [0.29, 0.717) is 17.1 Å². The van der Waals surface area contributed by atoms with Crippen molar-refractivity contribution in [3.8, 4) is 67.5 Å². The van der Waals surface area contributed by atoms with Crippen LogP contribution in [0.15, 0.2) is 243 Å². The maximum atomic E-state index is 6.44. The zero-order valence-corrected chi connectivity index (χ0v) is 60.3. The summed E-state index contributed by atoms with van der Waals surface area (Å²) in [5.74, 6) is 2.05. The largest absolute Gasteiger partial charge is 0.494 e. The van der Waals surface area contributed by atoms with Crippen LogP contribution < -0.4 is 5.46 Å². The summed E-state index contributed by atoms with van der Waals surface area (Å²) in [6.07, 6.45) is 7.75. The third-order valence-corrected chi connectivity index (χ3v) is 20.8. The lowest BCUT2D eigenvalue weighted by Gasteiger charge is -2.32. The normalized spacial score (nSPS) is 14.5. The van der Waals surface area contributed by atoms with E-state index in [0.717, 1.165) is 99.2 Å². The van der Waals surface area contributed by atoms with Gasteiger partial charge in [-0.15, -0.1) is 0 Å². The van der Waals surface area contributed by atoms with Crippen molar-refractivity contribution in [3.63, 3.8) is 0 Å². The predicted molar refractivity (Wildman–Crippen MR) is 418 cm³/mol. The highest BCUT2D eigenvalue weighted by atomic mass is 35.5. The average molecular weight is 1340 g/mol. The van der Waals surface area contributed by atoms with Crippen LogP contribution in [0.2, 0.25) is 5.28 Å². The van der Waals surface area contributed by atoms with Crippen molar-refractivity contribution in [3.05, 3.63) is 271 Å². The monoisotopic (exact) mass is 1330 g/mol. The molecule has 1 aliphatic heterocycles. The molecule has 0 saturated carbocycles. The number of hydrogen-bond donors (Lipinski definition) is 0. The highest BCUT2D eigenvalue weighted by molar-refractivity contribution is 6.62. The molecule has 0 aliphatic carbocycles. The van der Waals surface area contributed by atoms with Crippen molar-refractivity contribution in [2.45, 2.75) is 144 Å². The molecule has 7 heterocycles. The van der Waals surface area contributed by atoms with Gasteiger partial charge in [0.25, 0.3) is 0 Å². The Kier molecular flexibility index (Phi) is 20.2. The molecular formula is C88H88BClN8O2. The lowest BCUT2D eigenvalue weighted by molar-refractivity contribution is 0.00578. The molecule has 1 fully saturated rings. The molecule has 100 heavy (non-hydrogen) atoms. The van der Waals surface area contributed by atoms with Gasteiger partial charge in [0.2, 0.25) is 5.28 Å². The van der Waals surface area contributed by atoms with Crippen LogP contribution in [0.4, 0.5) is 0 Å². The Morgan fingerprint density at radius 2 is 0.700 bits per heavy atom. The topological polar surface area (TPSA) is 106 Å². The van der Waals surface area contributed by atoms with Gasteiger partial charge < -0.3 is 18.4 Å². The Balaban J connectivity index is 0.000000144. The van der Waals surface area contributed by atoms with Gasteiger partial charge in [0.05, 0.1) is 67.4 Å². The van der Waals surface area contributed by atoms with Crippen LogP contribution >= 0.6 is 11.6 Å². The number of benzene rings is 8. The number of pyridine rings is 2. The van der Waals surface area contributed by atoms with Crippen LogP contribution in [-0.4, -0.2) is 57.4 Å². The molecule has 0 spiro atoms. The van der Waals surface area contributed by atoms with E-state index in [1.807, 2.05) is 48.8 Å². The van der Waals surface area contributed by atoms with Crippen LogP contribution in [0.3, 0.4) is 0 Å². The molecular weight excluding hydrogens is 1250 g/mol. The number of rotatable bonds is 16. The molecule has 0 N–H and O–H groups in total. The van der Waals surface area contributed by atoms with Crippen LogP contribution in [-0.2, 0) is 9.31 Å². The molecule has 0 bridgehead atoms. The van der Waals surface area contributed by atoms with Gasteiger partial charge in [-0.3, -0.25) is 9.97 Å². The van der Waals surface area contributed by atoms with E-state index in [1.165, 1.54) is 65.9 Å². The van der Waals surface area contributed by atoms with Crippen molar-refractivity contribution >= 4 is 67.8 Å². The Morgan fingerprint density at radius 1 is 0.370 bits per heavy atom. The quantitative estimate of drug-likeness (QED) is 0.0696. The van der Waals surface area contributed by atoms with Gasteiger partial charge in [-0.05, 0) is 184 Å². The molecule has 0 amide bonds. The van der Waals surface area contributed by atoms with Crippen molar-refractivity contribution < 1.29 is 9.31 Å². The number of fused-ring (bicyclic) bond motifs is 6. The standard InChI is InChI=1S/C41H38N4.C29H27BN2O2.C18H23ClN2/c1-5-27(3)39-38(29-16-8-7-9-17-29)40(28(4)6-2)44-41(43-39)31-24-30(35-20-14-15-23-42-35)25-32(26-31)45-36-21-12-10-18-33(36)34-19-11-13-22-37(34)45;1-28(2)29(3,4)34-30(33-28)21-17-20(25-13-9-10-16-31-25)18-22(19-21)32-26-14-7-5-11-23(26)24-12-6-8-15-27(24)32;1-5-12(3)16-15(14-10-8-7-9-11-14)17(13(4)6-2)21-18(19)20-16/h7-28H,5-6H2,1-4H3;5-19H,1-4H3;7-13H,5-6H2,1-4H3. The van der Waals surface area contributed by atoms with E-state index in [4.69, 9.17) is 35.9 Å². The molecule has 6 aromatic heterocycles. The Hall–Kier alpha value is -9.91. The average Bonchev–Trinajstić information content (AvgIpc) is 1.52. The molecule has 4 atom stereocenters. The van der Waals surface area contributed by atoms with E-state index in [1.54, 1.807) is 0 Å². The van der Waals surface area contributed by atoms with Gasteiger partial charge in [0, 0.05) is 73.1 Å². The van der Waals surface area contributed by atoms with E-state index in [-0.39, 0.29) is 11.8 Å². The number of hydrogen-bond acceptors (Lipinski definition) is 8. The second-order valence-corrected chi connectivity index (χ2v) is 28.0. The summed E-state index contributed by atoms with van der Waals surface area (Å²) < 4.78 is 17.6. The minimum Gasteiger partial charge on any atom is -0.399 e. The number of para-hydroxylation sites is 4. The number of aromatic nitrogens is 8. The maximum absolute atomic E-state index is 6.44. The second-order valence-electron chi connectivity index (χ2n) is 27.6. The third kappa shape index (κ3) is 13.7. The fraction of sp³-hybridized carbons (Fsp3) is 0.250. The van der Waals surface area contributed by atoms with Gasteiger partial charge >= 0.3 is 7.12 Å². The van der Waals surface area contributed by atoms with E-state index < -0.39 is 18.3 Å². The summed E-state index contributed by atoms with van der Waals surface area (Å²) >= 11 is 6.19. The second kappa shape index (κ2) is 29.5. The summed E-state index contributed by atoms with van der Waals surface area (Å²) in [6, 6.07) is 80.8. The first kappa shape index (κ1) is 68.6. The molecule has 1 saturated heterocycles. The van der Waals surface area contributed by atoms with Crippen LogP contribution in [0.1, 0.15) is 155 Å². The van der Waals surface area contributed by atoms with E-state index in [2.05, 4.69) is 301 Å². The fourth-order valence-electron chi connectivity index (χ4n) is 13.6. The molecule has 10 nitrogen and oxygen atoms in total. The van der Waals surface area contributed by atoms with Crippen molar-refractivity contribution in [2.24, 2.45) is 0 Å². The zero-order chi connectivity index (χ0) is 69.8. The molecule has 0 radical (unpaired) electrons. The highest BCUT2D eigenvalue weighted by Gasteiger charge is 2.52. The third-order valence-electron chi connectivity index (χ3n) is 20.6. The lowest BCUT2D eigenvalue weighted by Crippen LogP contribution is -2.41. The lowest BCUT2D eigenvalue weighted by atomic mass is 9.77. The van der Waals surface area contributed by atoms with Crippen LogP contribution in [0.5, 0.6) is 0 Å². The molecule has 12 heteroatoms. The van der Waals surface area contributed by atoms with Crippen LogP contribution in [0, 0.1) is 0 Å². The Morgan fingerprint density at radius 3 is 1.07 bits per heavy atom. The smallest absolute Gasteiger partial charge is 0.399 e. The minimum absolute atomic E-state index is 0.278. The van der Waals surface area contributed by atoms with Crippen molar-refractivity contribution in [2.75, 3.05) is 0 Å². The molecule has 8 aromatic carbocycles. The summed E-state index contributed by atoms with van der Waals surface area (Å²) in [4.78, 5) is 29.3. The van der Waals surface area contributed by atoms with E-state index >= 15 is 0 Å². The Bertz CT molecular complexity index is 5010. The Labute approximate surface area is 594 Å².